The van der Waals surface area contributed by atoms with E-state index in [0.717, 1.165) is 11.3 Å². The smallest absolute Gasteiger partial charge is 0.322 e. The molecule has 0 saturated heterocycles. The molecule has 2 aromatic rings. The normalized spacial score (nSPS) is 10.5. The van der Waals surface area contributed by atoms with Gasteiger partial charge in [-0.25, -0.2) is 0 Å². The molecule has 2 rings (SSSR count). The Hall–Kier alpha value is -2.08. The van der Waals surface area contributed by atoms with E-state index in [2.05, 4.69) is 20.3 Å². The number of benzene rings is 1. The van der Waals surface area contributed by atoms with E-state index in [1.54, 1.807) is 7.11 Å². The van der Waals surface area contributed by atoms with Crippen molar-refractivity contribution in [1.82, 2.24) is 15.0 Å². The van der Waals surface area contributed by atoms with Gasteiger partial charge in [0.15, 0.2) is 0 Å². The minimum atomic E-state index is -0.0327. The van der Waals surface area contributed by atoms with Gasteiger partial charge in [-0.1, -0.05) is 12.1 Å². The Bertz CT molecular complexity index is 607. The Labute approximate surface area is 128 Å². The Morgan fingerprint density at radius 3 is 2.76 bits per heavy atom. The second-order valence-electron chi connectivity index (χ2n) is 4.58. The molecule has 0 aliphatic rings. The van der Waals surface area contributed by atoms with Crippen LogP contribution >= 0.6 is 11.6 Å². The van der Waals surface area contributed by atoms with Gasteiger partial charge in [-0.3, -0.25) is 0 Å². The second-order valence-corrected chi connectivity index (χ2v) is 4.92. The molecule has 0 aliphatic carbocycles. The van der Waals surface area contributed by atoms with Crippen molar-refractivity contribution in [1.29, 1.82) is 0 Å². The maximum Gasteiger partial charge on any atom is 0.322 e. The number of halogens is 1. The van der Waals surface area contributed by atoms with E-state index >= 15 is 0 Å². The zero-order valence-corrected chi connectivity index (χ0v) is 12.9. The van der Waals surface area contributed by atoms with Crippen molar-refractivity contribution in [2.24, 2.45) is 0 Å². The van der Waals surface area contributed by atoms with Gasteiger partial charge in [0.1, 0.15) is 5.75 Å². The molecule has 6 nitrogen and oxygen atoms in total. The molecule has 0 spiro atoms. The van der Waals surface area contributed by atoms with Crippen LogP contribution in [0.15, 0.2) is 24.3 Å². The quantitative estimate of drug-likeness (QED) is 0.885. The van der Waals surface area contributed by atoms with Crippen LogP contribution in [0.25, 0.3) is 0 Å². The van der Waals surface area contributed by atoms with Crippen molar-refractivity contribution in [3.8, 4) is 11.8 Å². The Morgan fingerprint density at radius 1 is 1.24 bits per heavy atom. The molecule has 1 N–H and O–H groups in total. The molecule has 0 unspecified atom stereocenters. The van der Waals surface area contributed by atoms with Crippen molar-refractivity contribution in [3.05, 3.63) is 35.1 Å². The zero-order chi connectivity index (χ0) is 15.2. The number of anilines is 1. The minimum absolute atomic E-state index is 0.0327. The predicted molar refractivity (Wildman–Crippen MR) is 80.9 cm³/mol. The molecule has 1 aromatic heterocycles. The molecule has 1 heterocycles. The fourth-order valence-electron chi connectivity index (χ4n) is 1.64. The third-order valence-corrected chi connectivity index (χ3v) is 2.68. The van der Waals surface area contributed by atoms with Gasteiger partial charge in [0.2, 0.25) is 11.2 Å². The molecule has 0 aliphatic heterocycles. The highest BCUT2D eigenvalue weighted by molar-refractivity contribution is 6.28. The standard InChI is InChI=1S/C14H17ClN4O2/c1-9(2)21-14-18-12(15)17-13(19-14)16-8-10-5-4-6-11(7-10)20-3/h4-7,9H,8H2,1-3H3,(H,16,17,18,19). The molecule has 0 bridgehead atoms. The lowest BCUT2D eigenvalue weighted by atomic mass is 10.2. The van der Waals surface area contributed by atoms with Gasteiger partial charge < -0.3 is 14.8 Å². The van der Waals surface area contributed by atoms with Crippen LogP contribution in [-0.4, -0.2) is 28.2 Å². The number of rotatable bonds is 6. The van der Waals surface area contributed by atoms with Crippen LogP contribution in [-0.2, 0) is 6.54 Å². The van der Waals surface area contributed by atoms with E-state index in [-0.39, 0.29) is 17.4 Å². The molecule has 0 fully saturated rings. The molecule has 0 atom stereocenters. The molecule has 21 heavy (non-hydrogen) atoms. The van der Waals surface area contributed by atoms with E-state index in [4.69, 9.17) is 21.1 Å². The van der Waals surface area contributed by atoms with Crippen LogP contribution in [0, 0.1) is 0 Å². The van der Waals surface area contributed by atoms with Gasteiger partial charge in [0.05, 0.1) is 13.2 Å². The average Bonchev–Trinajstić information content (AvgIpc) is 2.44. The predicted octanol–water partition coefficient (Wildman–Crippen LogP) is 2.93. The van der Waals surface area contributed by atoms with Crippen LogP contribution in [0.4, 0.5) is 5.95 Å². The van der Waals surface area contributed by atoms with Crippen LogP contribution in [0.1, 0.15) is 19.4 Å². The van der Waals surface area contributed by atoms with Crippen LogP contribution in [0.2, 0.25) is 5.28 Å². The third-order valence-electron chi connectivity index (χ3n) is 2.51. The molecule has 0 saturated carbocycles. The maximum atomic E-state index is 5.86. The summed E-state index contributed by atoms with van der Waals surface area (Å²) in [5, 5.41) is 3.18. The summed E-state index contributed by atoms with van der Waals surface area (Å²) in [6.07, 6.45) is -0.0327. The number of ether oxygens (including phenoxy) is 2. The fourth-order valence-corrected chi connectivity index (χ4v) is 1.79. The summed E-state index contributed by atoms with van der Waals surface area (Å²) < 4.78 is 10.6. The summed E-state index contributed by atoms with van der Waals surface area (Å²) in [5.74, 6) is 1.17. The SMILES string of the molecule is COc1cccc(CNc2nc(Cl)nc(OC(C)C)n2)c1. The van der Waals surface area contributed by atoms with Gasteiger partial charge in [0.25, 0.3) is 0 Å². The molecule has 7 heteroatoms. The lowest BCUT2D eigenvalue weighted by molar-refractivity contribution is 0.222. The summed E-state index contributed by atoms with van der Waals surface area (Å²) in [5.41, 5.74) is 1.04. The largest absolute Gasteiger partial charge is 0.497 e. The molecule has 0 radical (unpaired) electrons. The number of nitrogens with one attached hydrogen (secondary N) is 1. The van der Waals surface area contributed by atoms with Gasteiger partial charge >= 0.3 is 6.01 Å². The highest BCUT2D eigenvalue weighted by Crippen LogP contribution is 2.16. The van der Waals surface area contributed by atoms with Crippen LogP contribution in [0.5, 0.6) is 11.8 Å². The minimum Gasteiger partial charge on any atom is -0.497 e. The highest BCUT2D eigenvalue weighted by atomic mass is 35.5. The maximum absolute atomic E-state index is 5.86. The van der Waals surface area contributed by atoms with Crippen molar-refractivity contribution in [2.45, 2.75) is 26.5 Å². The summed E-state index contributed by atoms with van der Waals surface area (Å²) in [4.78, 5) is 12.1. The third kappa shape index (κ3) is 4.75. The number of hydrogen-bond donors (Lipinski definition) is 1. The monoisotopic (exact) mass is 308 g/mol. The lowest BCUT2D eigenvalue weighted by Crippen LogP contribution is -2.11. The lowest BCUT2D eigenvalue weighted by Gasteiger charge is -2.10. The summed E-state index contributed by atoms with van der Waals surface area (Å²) >= 11 is 5.86. The highest BCUT2D eigenvalue weighted by Gasteiger charge is 2.07. The average molecular weight is 309 g/mol. The van der Waals surface area contributed by atoms with E-state index < -0.39 is 0 Å². The summed E-state index contributed by atoms with van der Waals surface area (Å²) in [6, 6.07) is 7.92. The first-order chi connectivity index (χ1) is 10.1. The number of methoxy groups -OCH3 is 1. The van der Waals surface area contributed by atoms with Gasteiger partial charge in [-0.2, -0.15) is 15.0 Å². The van der Waals surface area contributed by atoms with E-state index in [0.29, 0.717) is 12.5 Å². The van der Waals surface area contributed by atoms with Crippen LogP contribution < -0.4 is 14.8 Å². The first-order valence-corrected chi connectivity index (χ1v) is 6.89. The van der Waals surface area contributed by atoms with Crippen molar-refractivity contribution < 1.29 is 9.47 Å². The Balaban J connectivity index is 2.06. The zero-order valence-electron chi connectivity index (χ0n) is 12.1. The van der Waals surface area contributed by atoms with Crippen molar-refractivity contribution >= 4 is 17.5 Å². The van der Waals surface area contributed by atoms with Gasteiger partial charge in [0, 0.05) is 6.54 Å². The topological polar surface area (TPSA) is 69.2 Å². The Kier molecular flexibility index (Phi) is 5.16. The first-order valence-electron chi connectivity index (χ1n) is 6.52. The molecule has 0 amide bonds. The van der Waals surface area contributed by atoms with Crippen LogP contribution in [0.3, 0.4) is 0 Å². The molecule has 112 valence electrons. The van der Waals surface area contributed by atoms with E-state index in [1.807, 2.05) is 38.1 Å². The van der Waals surface area contributed by atoms with E-state index in [1.165, 1.54) is 0 Å². The van der Waals surface area contributed by atoms with Crippen molar-refractivity contribution in [2.75, 3.05) is 12.4 Å². The van der Waals surface area contributed by atoms with E-state index in [9.17, 15) is 0 Å². The number of aromatic nitrogens is 3. The van der Waals surface area contributed by atoms with Crippen molar-refractivity contribution in [3.63, 3.8) is 0 Å². The Morgan fingerprint density at radius 2 is 2.05 bits per heavy atom. The fraction of sp³-hybridized carbons (Fsp3) is 0.357. The number of nitrogens with zero attached hydrogens (tertiary/aromatic N) is 3. The van der Waals surface area contributed by atoms with Gasteiger partial charge in [-0.05, 0) is 43.1 Å². The number of hydrogen-bond acceptors (Lipinski definition) is 6. The molecular weight excluding hydrogens is 292 g/mol. The van der Waals surface area contributed by atoms with Gasteiger partial charge in [-0.15, -0.1) is 0 Å². The molecule has 1 aromatic carbocycles. The second kappa shape index (κ2) is 7.08. The summed E-state index contributed by atoms with van der Waals surface area (Å²) in [7, 11) is 1.63. The molecular formula is C14H17ClN4O2. The summed E-state index contributed by atoms with van der Waals surface area (Å²) in [6.45, 7) is 4.32. The first kappa shape index (κ1) is 15.3.